The Kier molecular flexibility index (Phi) is 13.7. The molecule has 0 amide bonds. The predicted molar refractivity (Wildman–Crippen MR) is 130 cm³/mol. The SMILES string of the molecule is C/C(F)=C(Nc1ccc(C)cc1F)\C(=C/N(C)C)NS(=O)C1(CC(O)CO)CC1.C=O.CC. The van der Waals surface area contributed by atoms with E-state index in [9.17, 15) is 18.1 Å². The van der Waals surface area contributed by atoms with Crippen LogP contribution < -0.4 is 10.0 Å². The van der Waals surface area contributed by atoms with Crippen molar-refractivity contribution in [3.63, 3.8) is 0 Å². The molecule has 0 aliphatic heterocycles. The van der Waals surface area contributed by atoms with Crippen LogP contribution in [0.1, 0.15) is 45.6 Å². The first kappa shape index (κ1) is 30.7. The van der Waals surface area contributed by atoms with Crippen LogP contribution in [-0.4, -0.2) is 57.7 Å². The number of hydrogen-bond acceptors (Lipinski definition) is 6. The fraction of sp³-hybridized carbons (Fsp3) is 0.522. The van der Waals surface area contributed by atoms with E-state index in [2.05, 4.69) is 10.0 Å². The van der Waals surface area contributed by atoms with Gasteiger partial charge in [0.2, 0.25) is 0 Å². The largest absolute Gasteiger partial charge is 0.394 e. The van der Waals surface area contributed by atoms with Crippen LogP contribution in [0, 0.1) is 12.7 Å². The molecule has 0 radical (unpaired) electrons. The zero-order valence-corrected chi connectivity index (χ0v) is 21.1. The van der Waals surface area contributed by atoms with E-state index in [1.165, 1.54) is 19.1 Å². The van der Waals surface area contributed by atoms with Gasteiger partial charge in [0.25, 0.3) is 0 Å². The van der Waals surface area contributed by atoms with Gasteiger partial charge in [-0.05, 0) is 50.8 Å². The average molecular weight is 490 g/mol. The highest BCUT2D eigenvalue weighted by atomic mass is 32.2. The summed E-state index contributed by atoms with van der Waals surface area (Å²) in [5.74, 6) is -1.14. The number of nitrogens with one attached hydrogen (secondary N) is 2. The van der Waals surface area contributed by atoms with Crippen LogP contribution in [0.25, 0.3) is 0 Å². The van der Waals surface area contributed by atoms with Gasteiger partial charge in [0.1, 0.15) is 29.4 Å². The molecule has 0 spiro atoms. The highest BCUT2D eigenvalue weighted by Gasteiger charge is 2.50. The van der Waals surface area contributed by atoms with E-state index in [-0.39, 0.29) is 23.5 Å². The fourth-order valence-corrected chi connectivity index (χ4v) is 4.29. The second-order valence-electron chi connectivity index (χ2n) is 7.62. The molecule has 33 heavy (non-hydrogen) atoms. The molecule has 4 N–H and O–H groups in total. The molecule has 1 aromatic carbocycles. The van der Waals surface area contributed by atoms with Crippen molar-refractivity contribution >= 4 is 23.5 Å². The molecule has 1 aliphatic rings. The lowest BCUT2D eigenvalue weighted by molar-refractivity contribution is -0.0980. The highest BCUT2D eigenvalue weighted by Crippen LogP contribution is 2.45. The van der Waals surface area contributed by atoms with E-state index in [1.807, 2.05) is 20.6 Å². The summed E-state index contributed by atoms with van der Waals surface area (Å²) in [7, 11) is 1.81. The van der Waals surface area contributed by atoms with E-state index >= 15 is 0 Å². The number of allylic oxidation sites excluding steroid dienone is 1. The second-order valence-corrected chi connectivity index (χ2v) is 9.23. The van der Waals surface area contributed by atoms with Gasteiger partial charge in [0.05, 0.1) is 34.5 Å². The molecule has 1 aliphatic carbocycles. The lowest BCUT2D eigenvalue weighted by Gasteiger charge is -2.23. The molecular formula is C23H37F2N3O4S. The molecule has 0 heterocycles. The van der Waals surface area contributed by atoms with Crippen molar-refractivity contribution in [2.75, 3.05) is 26.0 Å². The second kappa shape index (κ2) is 14.8. The third-order valence-electron chi connectivity index (χ3n) is 4.61. The van der Waals surface area contributed by atoms with Gasteiger partial charge in [-0.25, -0.2) is 13.0 Å². The van der Waals surface area contributed by atoms with E-state index < -0.39 is 40.1 Å². The summed E-state index contributed by atoms with van der Waals surface area (Å²) in [6.45, 7) is 8.56. The number of aliphatic hydroxyl groups is 2. The lowest BCUT2D eigenvalue weighted by atomic mass is 10.2. The molecule has 10 heteroatoms. The zero-order chi connectivity index (χ0) is 25.8. The quantitative estimate of drug-likeness (QED) is 0.375. The van der Waals surface area contributed by atoms with Crippen LogP contribution in [0.3, 0.4) is 0 Å². The van der Waals surface area contributed by atoms with Gasteiger partial charge in [-0.2, -0.15) is 0 Å². The van der Waals surface area contributed by atoms with Crippen molar-refractivity contribution in [2.24, 2.45) is 0 Å². The number of hydrogen-bond donors (Lipinski definition) is 4. The Bertz CT molecular complexity index is 839. The molecule has 188 valence electrons. The summed E-state index contributed by atoms with van der Waals surface area (Å²) in [6, 6.07) is 4.55. The summed E-state index contributed by atoms with van der Waals surface area (Å²) < 4.78 is 43.8. The Balaban J connectivity index is 0.00000242. The summed E-state index contributed by atoms with van der Waals surface area (Å²) >= 11 is 0. The lowest BCUT2D eigenvalue weighted by Crippen LogP contribution is -2.35. The molecule has 0 saturated heterocycles. The maximum Gasteiger partial charge on any atom is 0.146 e. The van der Waals surface area contributed by atoms with Crippen LogP contribution in [0.4, 0.5) is 14.5 Å². The van der Waals surface area contributed by atoms with Crippen LogP contribution >= 0.6 is 0 Å². The number of rotatable bonds is 10. The highest BCUT2D eigenvalue weighted by molar-refractivity contribution is 7.85. The van der Waals surface area contributed by atoms with Crippen molar-refractivity contribution < 1.29 is 28.0 Å². The molecule has 2 unspecified atom stereocenters. The van der Waals surface area contributed by atoms with Gasteiger partial charge in [-0.1, -0.05) is 19.9 Å². The summed E-state index contributed by atoms with van der Waals surface area (Å²) in [4.78, 5) is 9.65. The summed E-state index contributed by atoms with van der Waals surface area (Å²) in [5.41, 5.74) is 0.986. The monoisotopic (exact) mass is 489 g/mol. The predicted octanol–water partition coefficient (Wildman–Crippen LogP) is 3.52. The summed E-state index contributed by atoms with van der Waals surface area (Å²) in [6.07, 6.45) is 1.99. The first-order valence-electron chi connectivity index (χ1n) is 10.6. The van der Waals surface area contributed by atoms with Crippen LogP contribution in [-0.2, 0) is 15.8 Å². The number of halogens is 2. The van der Waals surface area contributed by atoms with Crippen molar-refractivity contribution in [1.29, 1.82) is 0 Å². The normalized spacial score (nSPS) is 16.6. The van der Waals surface area contributed by atoms with Gasteiger partial charge < -0.3 is 29.9 Å². The Hall–Kier alpha value is -2.30. The molecule has 0 aromatic heterocycles. The number of carbonyl (C=O) groups is 1. The van der Waals surface area contributed by atoms with Gasteiger partial charge in [-0.3, -0.25) is 0 Å². The molecule has 2 atom stereocenters. The number of aliphatic hydroxyl groups excluding tert-OH is 2. The third-order valence-corrected chi connectivity index (χ3v) is 6.37. The first-order valence-corrected chi connectivity index (χ1v) is 11.8. The Morgan fingerprint density at radius 3 is 2.33 bits per heavy atom. The van der Waals surface area contributed by atoms with Crippen LogP contribution in [0.15, 0.2) is 41.6 Å². The van der Waals surface area contributed by atoms with Crippen molar-refractivity contribution in [1.82, 2.24) is 9.62 Å². The maximum absolute atomic E-state index is 14.4. The number of anilines is 1. The third kappa shape index (κ3) is 9.61. The van der Waals surface area contributed by atoms with E-state index in [4.69, 9.17) is 9.90 Å². The minimum atomic E-state index is -1.64. The van der Waals surface area contributed by atoms with Gasteiger partial charge in [0, 0.05) is 20.3 Å². The van der Waals surface area contributed by atoms with Crippen molar-refractivity contribution in [2.45, 2.75) is 57.8 Å². The number of carbonyl (C=O) groups excluding carboxylic acids is 1. The maximum atomic E-state index is 14.4. The van der Waals surface area contributed by atoms with Crippen LogP contribution in [0.2, 0.25) is 0 Å². The number of aryl methyl sites for hydroxylation is 1. The van der Waals surface area contributed by atoms with Gasteiger partial charge in [-0.15, -0.1) is 0 Å². The Morgan fingerprint density at radius 1 is 1.33 bits per heavy atom. The van der Waals surface area contributed by atoms with E-state index in [1.54, 1.807) is 38.2 Å². The molecule has 1 fully saturated rings. The van der Waals surface area contributed by atoms with E-state index in [0.717, 1.165) is 5.56 Å². The van der Waals surface area contributed by atoms with Crippen LogP contribution in [0.5, 0.6) is 0 Å². The zero-order valence-electron chi connectivity index (χ0n) is 20.2. The minimum absolute atomic E-state index is 0.0340. The van der Waals surface area contributed by atoms with Gasteiger partial charge in [0.15, 0.2) is 0 Å². The topological polar surface area (TPSA) is 102 Å². The van der Waals surface area contributed by atoms with Crippen molar-refractivity contribution in [3.8, 4) is 0 Å². The molecule has 1 saturated carbocycles. The molecule has 2 rings (SSSR count). The minimum Gasteiger partial charge on any atom is -0.394 e. The number of nitrogens with zero attached hydrogens (tertiary/aromatic N) is 1. The molecule has 7 nitrogen and oxygen atoms in total. The van der Waals surface area contributed by atoms with Gasteiger partial charge >= 0.3 is 0 Å². The number of benzene rings is 1. The molecule has 1 aromatic rings. The van der Waals surface area contributed by atoms with E-state index in [0.29, 0.717) is 12.8 Å². The fourth-order valence-electron chi connectivity index (χ4n) is 2.90. The standard InChI is InChI=1S/C20H29F2N3O3S.C2H6.CH2O/c1-13-5-6-17(16(22)9-13)23-19(14(2)21)18(11-25(3)4)24-29(28)20(7-8-20)10-15(27)12-26;2*1-2/h5-6,9,11,15,23-24,26-27H,7-8,10,12H2,1-4H3;1-2H3;1H2/b18-11+,19-14-;;. The average Bonchev–Trinajstić information content (AvgIpc) is 3.55. The molecule has 0 bridgehead atoms. The first-order chi connectivity index (χ1) is 15.6. The summed E-state index contributed by atoms with van der Waals surface area (Å²) in [5, 5.41) is 21.6. The Morgan fingerprint density at radius 2 is 1.91 bits per heavy atom. The Labute approximate surface area is 198 Å². The smallest absolute Gasteiger partial charge is 0.146 e. The van der Waals surface area contributed by atoms with Crippen molar-refractivity contribution in [3.05, 3.63) is 53.0 Å². The molecular weight excluding hydrogens is 452 g/mol.